The Labute approximate surface area is 164 Å². The molecule has 0 radical (unpaired) electrons. The van der Waals surface area contributed by atoms with Gasteiger partial charge in [0, 0.05) is 23.1 Å². The van der Waals surface area contributed by atoms with Crippen molar-refractivity contribution >= 4 is 28.2 Å². The van der Waals surface area contributed by atoms with Crippen LogP contribution in [-0.2, 0) is 4.74 Å². The number of anilines is 1. The van der Waals surface area contributed by atoms with Gasteiger partial charge in [0.05, 0.1) is 10.7 Å². The number of nitrogens with zero attached hydrogens (tertiary/aromatic N) is 1. The third kappa shape index (κ3) is 2.74. The van der Waals surface area contributed by atoms with Crippen LogP contribution in [0.3, 0.4) is 0 Å². The first-order valence-electron chi connectivity index (χ1n) is 9.40. The molecule has 2 nitrogen and oxygen atoms in total. The van der Waals surface area contributed by atoms with E-state index >= 15 is 0 Å². The van der Waals surface area contributed by atoms with Gasteiger partial charge in [-0.25, -0.2) is 0 Å². The van der Waals surface area contributed by atoms with E-state index in [1.165, 1.54) is 37.5 Å². The van der Waals surface area contributed by atoms with E-state index in [2.05, 4.69) is 85.5 Å². The van der Waals surface area contributed by atoms with Gasteiger partial charge in [-0.2, -0.15) is 0 Å². The summed E-state index contributed by atoms with van der Waals surface area (Å²) in [6, 6.07) is 13.1. The molecule has 0 saturated carbocycles. The lowest BCUT2D eigenvalue weighted by Gasteiger charge is -2.23. The predicted molar refractivity (Wildman–Crippen MR) is 115 cm³/mol. The van der Waals surface area contributed by atoms with Crippen molar-refractivity contribution < 1.29 is 4.74 Å². The van der Waals surface area contributed by atoms with Crippen molar-refractivity contribution in [2.45, 2.75) is 25.2 Å². The Bertz CT molecular complexity index is 1100. The van der Waals surface area contributed by atoms with Crippen LogP contribution in [0.4, 0.5) is 5.69 Å². The van der Waals surface area contributed by atoms with Crippen molar-refractivity contribution in [1.82, 2.24) is 0 Å². The molecule has 27 heavy (non-hydrogen) atoms. The Morgan fingerprint density at radius 3 is 2.96 bits per heavy atom. The minimum Gasteiger partial charge on any atom is -0.457 e. The zero-order chi connectivity index (χ0) is 18.4. The molecule has 1 aliphatic carbocycles. The first-order chi connectivity index (χ1) is 13.2. The highest BCUT2D eigenvalue weighted by atomic mass is 32.2. The van der Waals surface area contributed by atoms with Gasteiger partial charge in [-0.3, -0.25) is 0 Å². The van der Waals surface area contributed by atoms with Gasteiger partial charge < -0.3 is 9.64 Å². The fourth-order valence-corrected chi connectivity index (χ4v) is 5.21. The summed E-state index contributed by atoms with van der Waals surface area (Å²) in [4.78, 5) is 3.71. The fraction of sp³-hybridized carbons (Fsp3) is 0.167. The van der Waals surface area contributed by atoms with Gasteiger partial charge in [0.15, 0.2) is 0 Å². The van der Waals surface area contributed by atoms with Crippen LogP contribution >= 0.6 is 11.8 Å². The minimum atomic E-state index is 0.913. The molecule has 3 heteroatoms. The van der Waals surface area contributed by atoms with E-state index in [0.717, 1.165) is 24.5 Å². The van der Waals surface area contributed by atoms with Crippen molar-refractivity contribution in [3.05, 3.63) is 94.5 Å². The highest BCUT2D eigenvalue weighted by molar-refractivity contribution is 8.04. The summed E-state index contributed by atoms with van der Waals surface area (Å²) in [5, 5.41) is 3.83. The van der Waals surface area contributed by atoms with Crippen LogP contribution in [0.2, 0.25) is 0 Å². The van der Waals surface area contributed by atoms with Gasteiger partial charge >= 0.3 is 0 Å². The average Bonchev–Trinajstić information content (AvgIpc) is 3.05. The number of benzene rings is 2. The molecular formula is C24H21NOS. The highest BCUT2D eigenvalue weighted by Gasteiger charge is 2.27. The second-order valence-electron chi connectivity index (χ2n) is 6.94. The van der Waals surface area contributed by atoms with Gasteiger partial charge in [0.25, 0.3) is 0 Å². The average molecular weight is 372 g/mol. The van der Waals surface area contributed by atoms with Gasteiger partial charge in [0.1, 0.15) is 11.5 Å². The molecule has 0 saturated heterocycles. The zero-order valence-corrected chi connectivity index (χ0v) is 16.3. The van der Waals surface area contributed by atoms with E-state index in [-0.39, 0.29) is 0 Å². The molecule has 0 N–H and O–H groups in total. The molecule has 0 fully saturated rings. The SMILES string of the molecule is CCN1C(=CC2=CC(C)=C3CC=CC=C3O2)Sc2c1ccc1ccccc21. The normalized spacial score (nSPS) is 19.8. The zero-order valence-electron chi connectivity index (χ0n) is 15.5. The second kappa shape index (κ2) is 6.50. The lowest BCUT2D eigenvalue weighted by atomic mass is 9.98. The van der Waals surface area contributed by atoms with E-state index in [4.69, 9.17) is 4.74 Å². The molecule has 0 aromatic heterocycles. The fourth-order valence-electron chi connectivity index (χ4n) is 3.91. The smallest absolute Gasteiger partial charge is 0.131 e. The third-order valence-corrected chi connectivity index (χ3v) is 6.45. The van der Waals surface area contributed by atoms with E-state index in [1.54, 1.807) is 0 Å². The van der Waals surface area contributed by atoms with E-state index < -0.39 is 0 Å². The standard InChI is InChI=1S/C24H21NOS/c1-3-25-21-13-12-17-8-4-5-10-20(17)24(21)27-23(25)15-18-14-16(2)19-9-6-7-11-22(19)26-18/h4-8,10-15H,3,9H2,1-2H3. The van der Waals surface area contributed by atoms with Crippen LogP contribution in [0.15, 0.2) is 99.4 Å². The molecule has 0 spiro atoms. The maximum Gasteiger partial charge on any atom is 0.131 e. The Morgan fingerprint density at radius 2 is 2.07 bits per heavy atom. The summed E-state index contributed by atoms with van der Waals surface area (Å²) in [6.45, 7) is 5.31. The number of thioether (sulfide) groups is 1. The molecule has 2 aromatic rings. The summed E-state index contributed by atoms with van der Waals surface area (Å²) >= 11 is 1.84. The summed E-state index contributed by atoms with van der Waals surface area (Å²) in [5.74, 6) is 1.90. The van der Waals surface area contributed by atoms with Crippen LogP contribution in [0, 0.1) is 0 Å². The van der Waals surface area contributed by atoms with E-state index in [1.807, 2.05) is 11.8 Å². The van der Waals surface area contributed by atoms with Crippen LogP contribution < -0.4 is 4.90 Å². The molecule has 0 unspecified atom stereocenters. The predicted octanol–water partition coefficient (Wildman–Crippen LogP) is 6.69. The molecule has 5 rings (SSSR count). The molecule has 2 aliphatic heterocycles. The number of hydrogen-bond acceptors (Lipinski definition) is 3. The van der Waals surface area contributed by atoms with Gasteiger partial charge in [-0.05, 0) is 54.8 Å². The lowest BCUT2D eigenvalue weighted by Crippen LogP contribution is -2.17. The van der Waals surface area contributed by atoms with Gasteiger partial charge in [0.2, 0.25) is 0 Å². The summed E-state index contributed by atoms with van der Waals surface area (Å²) in [6.07, 6.45) is 11.6. The van der Waals surface area contributed by atoms with Gasteiger partial charge in [-0.1, -0.05) is 54.2 Å². The minimum absolute atomic E-state index is 0.913. The van der Waals surface area contributed by atoms with Crippen molar-refractivity contribution in [2.75, 3.05) is 11.4 Å². The topological polar surface area (TPSA) is 12.5 Å². The van der Waals surface area contributed by atoms with Crippen LogP contribution in [-0.4, -0.2) is 6.54 Å². The Balaban J connectivity index is 1.56. The monoisotopic (exact) mass is 371 g/mol. The summed E-state index contributed by atoms with van der Waals surface area (Å²) in [7, 11) is 0. The largest absolute Gasteiger partial charge is 0.457 e. The number of allylic oxidation sites excluding steroid dienone is 7. The van der Waals surface area contributed by atoms with E-state index in [0.29, 0.717) is 0 Å². The Hall–Kier alpha value is -2.65. The quantitative estimate of drug-likeness (QED) is 0.584. The van der Waals surface area contributed by atoms with Crippen molar-refractivity contribution in [2.24, 2.45) is 0 Å². The van der Waals surface area contributed by atoms with Crippen molar-refractivity contribution in [1.29, 1.82) is 0 Å². The highest BCUT2D eigenvalue weighted by Crippen LogP contribution is 2.49. The Morgan fingerprint density at radius 1 is 1.19 bits per heavy atom. The van der Waals surface area contributed by atoms with Gasteiger partial charge in [-0.15, -0.1) is 0 Å². The number of fused-ring (bicyclic) bond motifs is 4. The van der Waals surface area contributed by atoms with Crippen molar-refractivity contribution in [3.8, 4) is 0 Å². The summed E-state index contributed by atoms with van der Waals surface area (Å²) < 4.78 is 6.20. The summed E-state index contributed by atoms with van der Waals surface area (Å²) in [5.41, 5.74) is 3.87. The van der Waals surface area contributed by atoms with E-state index in [9.17, 15) is 0 Å². The number of rotatable bonds is 2. The lowest BCUT2D eigenvalue weighted by molar-refractivity contribution is 0.321. The second-order valence-corrected chi connectivity index (χ2v) is 7.97. The molecule has 0 bridgehead atoms. The first kappa shape index (κ1) is 16.5. The molecule has 2 heterocycles. The molecule has 0 atom stereocenters. The molecule has 0 amide bonds. The maximum absolute atomic E-state index is 6.20. The van der Waals surface area contributed by atoms with Crippen molar-refractivity contribution in [3.63, 3.8) is 0 Å². The number of hydrogen-bond donors (Lipinski definition) is 0. The van der Waals surface area contributed by atoms with Crippen LogP contribution in [0.25, 0.3) is 10.8 Å². The third-order valence-electron chi connectivity index (χ3n) is 5.27. The molecule has 134 valence electrons. The van der Waals surface area contributed by atoms with Crippen LogP contribution in [0.1, 0.15) is 20.3 Å². The molecule has 2 aromatic carbocycles. The molecular weight excluding hydrogens is 350 g/mol. The maximum atomic E-state index is 6.20. The number of ether oxygens (including phenoxy) is 1. The Kier molecular flexibility index (Phi) is 3.98. The van der Waals surface area contributed by atoms with Crippen LogP contribution in [0.5, 0.6) is 0 Å². The molecule has 3 aliphatic rings. The first-order valence-corrected chi connectivity index (χ1v) is 10.2.